The first-order chi connectivity index (χ1) is 17.2. The molecule has 0 radical (unpaired) electrons. The second-order valence-corrected chi connectivity index (χ2v) is 9.39. The van der Waals surface area contributed by atoms with Crippen LogP contribution in [0.3, 0.4) is 0 Å². The van der Waals surface area contributed by atoms with Crippen LogP contribution in [0.15, 0.2) is 109 Å². The molecule has 0 saturated carbocycles. The Balaban J connectivity index is 1.62. The number of fused-ring (bicyclic) bond motifs is 9. The molecule has 164 valence electrons. The minimum Gasteiger partial charge on any atom is -0.456 e. The molecule has 2 aliphatic rings. The minimum absolute atomic E-state index is 0.552. The number of nitrogens with zero attached hydrogens (tertiary/aromatic N) is 1. The van der Waals surface area contributed by atoms with Crippen molar-refractivity contribution >= 4 is 11.6 Å². The highest BCUT2D eigenvalue weighted by atomic mass is 35.5. The van der Waals surface area contributed by atoms with E-state index in [2.05, 4.69) is 72.8 Å². The quantitative estimate of drug-likeness (QED) is 0.243. The molecule has 0 atom stereocenters. The number of nitriles is 1. The minimum atomic E-state index is -0.552. The molecule has 0 unspecified atom stereocenters. The Bertz CT molecular complexity index is 1650. The third-order valence-corrected chi connectivity index (χ3v) is 7.49. The zero-order valence-corrected chi connectivity index (χ0v) is 19.4. The molecule has 2 nitrogen and oxygen atoms in total. The number of para-hydroxylation sites is 1. The van der Waals surface area contributed by atoms with Crippen molar-refractivity contribution in [2.24, 2.45) is 0 Å². The van der Waals surface area contributed by atoms with E-state index in [9.17, 15) is 5.26 Å². The summed E-state index contributed by atoms with van der Waals surface area (Å²) in [5, 5.41) is 9.94. The van der Waals surface area contributed by atoms with Gasteiger partial charge in [0.15, 0.2) is 0 Å². The van der Waals surface area contributed by atoms with Crippen LogP contribution in [-0.2, 0) is 5.41 Å². The molecule has 1 aliphatic heterocycles. The van der Waals surface area contributed by atoms with Gasteiger partial charge in [-0.15, -0.1) is 0 Å². The molecule has 5 aromatic carbocycles. The van der Waals surface area contributed by atoms with Crippen molar-refractivity contribution in [1.29, 1.82) is 5.26 Å². The van der Waals surface area contributed by atoms with Gasteiger partial charge in [-0.1, -0.05) is 90.5 Å². The van der Waals surface area contributed by atoms with E-state index in [-0.39, 0.29) is 0 Å². The summed E-state index contributed by atoms with van der Waals surface area (Å²) in [5.41, 5.74) is 9.13. The van der Waals surface area contributed by atoms with E-state index >= 15 is 0 Å². The third-order valence-electron chi connectivity index (χ3n) is 7.25. The summed E-state index contributed by atoms with van der Waals surface area (Å²) in [6.07, 6.45) is 0. The number of rotatable bonds is 1. The molecule has 0 N–H and O–H groups in total. The fourth-order valence-electron chi connectivity index (χ4n) is 5.85. The molecule has 1 heterocycles. The van der Waals surface area contributed by atoms with Crippen LogP contribution in [-0.4, -0.2) is 0 Å². The summed E-state index contributed by atoms with van der Waals surface area (Å²) in [7, 11) is 0. The summed E-state index contributed by atoms with van der Waals surface area (Å²) < 4.78 is 6.67. The second kappa shape index (κ2) is 7.34. The highest BCUT2D eigenvalue weighted by Crippen LogP contribution is 2.63. The van der Waals surface area contributed by atoms with Gasteiger partial charge in [-0.3, -0.25) is 0 Å². The molecular weight excluding hydrogens is 450 g/mol. The monoisotopic (exact) mass is 467 g/mol. The van der Waals surface area contributed by atoms with E-state index in [0.29, 0.717) is 10.6 Å². The van der Waals surface area contributed by atoms with Gasteiger partial charge in [0.05, 0.1) is 17.0 Å². The number of hydrogen-bond acceptors (Lipinski definition) is 2. The van der Waals surface area contributed by atoms with Crippen LogP contribution >= 0.6 is 11.6 Å². The third kappa shape index (κ3) is 2.65. The lowest BCUT2D eigenvalue weighted by Gasteiger charge is -2.40. The van der Waals surface area contributed by atoms with Crippen molar-refractivity contribution in [3.05, 3.63) is 142 Å². The normalized spacial score (nSPS) is 13.7. The number of hydrogen-bond donors (Lipinski definition) is 0. The van der Waals surface area contributed by atoms with Crippen molar-refractivity contribution in [1.82, 2.24) is 0 Å². The zero-order chi connectivity index (χ0) is 23.6. The van der Waals surface area contributed by atoms with E-state index < -0.39 is 5.41 Å². The molecule has 0 aromatic heterocycles. The molecule has 1 aliphatic carbocycles. The maximum atomic E-state index is 9.26. The van der Waals surface area contributed by atoms with Gasteiger partial charge in [0.25, 0.3) is 0 Å². The molecule has 35 heavy (non-hydrogen) atoms. The summed E-state index contributed by atoms with van der Waals surface area (Å²) in [5.74, 6) is 1.63. The number of halogens is 1. The predicted octanol–water partition coefficient (Wildman–Crippen LogP) is 8.35. The highest BCUT2D eigenvalue weighted by Gasteiger charge is 2.51. The molecule has 3 heteroatoms. The Morgan fingerprint density at radius 2 is 1.26 bits per heavy atom. The zero-order valence-electron chi connectivity index (χ0n) is 18.6. The van der Waals surface area contributed by atoms with Crippen LogP contribution in [0.25, 0.3) is 22.3 Å². The number of ether oxygens (including phenoxy) is 1. The van der Waals surface area contributed by atoms with Crippen molar-refractivity contribution in [3.63, 3.8) is 0 Å². The second-order valence-electron chi connectivity index (χ2n) is 8.96. The van der Waals surface area contributed by atoms with Crippen LogP contribution in [0.2, 0.25) is 5.02 Å². The van der Waals surface area contributed by atoms with Crippen molar-refractivity contribution < 1.29 is 4.74 Å². The fraction of sp³-hybridized carbons (Fsp3) is 0.0312. The molecule has 0 amide bonds. The van der Waals surface area contributed by atoms with Gasteiger partial charge in [0, 0.05) is 21.7 Å². The van der Waals surface area contributed by atoms with Crippen LogP contribution in [0.4, 0.5) is 0 Å². The van der Waals surface area contributed by atoms with E-state index in [1.54, 1.807) is 0 Å². The topological polar surface area (TPSA) is 33.0 Å². The maximum absolute atomic E-state index is 9.26. The molecule has 1 spiro atoms. The van der Waals surface area contributed by atoms with E-state index in [1.165, 1.54) is 22.3 Å². The first-order valence-corrected chi connectivity index (χ1v) is 11.9. The van der Waals surface area contributed by atoms with Gasteiger partial charge in [0.2, 0.25) is 0 Å². The number of benzene rings is 5. The average molecular weight is 468 g/mol. The fourth-order valence-corrected chi connectivity index (χ4v) is 6.02. The van der Waals surface area contributed by atoms with Crippen LogP contribution < -0.4 is 4.74 Å². The van der Waals surface area contributed by atoms with Gasteiger partial charge in [-0.05, 0) is 58.1 Å². The van der Waals surface area contributed by atoms with Gasteiger partial charge in [-0.25, -0.2) is 0 Å². The van der Waals surface area contributed by atoms with Gasteiger partial charge < -0.3 is 4.74 Å². The lowest BCUT2D eigenvalue weighted by atomic mass is 9.65. The first-order valence-electron chi connectivity index (χ1n) is 11.5. The van der Waals surface area contributed by atoms with Crippen LogP contribution in [0.1, 0.15) is 27.8 Å². The molecule has 0 saturated heterocycles. The molecule has 5 aromatic rings. The van der Waals surface area contributed by atoms with Crippen LogP contribution in [0.5, 0.6) is 11.5 Å². The van der Waals surface area contributed by atoms with Crippen molar-refractivity contribution in [3.8, 4) is 39.8 Å². The smallest absolute Gasteiger partial charge is 0.140 e. The van der Waals surface area contributed by atoms with Gasteiger partial charge in [0.1, 0.15) is 11.5 Å². The first kappa shape index (κ1) is 20.1. The van der Waals surface area contributed by atoms with Crippen molar-refractivity contribution in [2.45, 2.75) is 5.41 Å². The Morgan fingerprint density at radius 1 is 0.629 bits per heavy atom. The molecular formula is C32H18ClNO. The SMILES string of the molecule is N#Cc1ccc(-c2cccc3c2Oc2ccc(Cl)cc2C32c3ccccc3-c3ccccc32)cc1. The summed E-state index contributed by atoms with van der Waals surface area (Å²) in [6.45, 7) is 0. The lowest BCUT2D eigenvalue weighted by molar-refractivity contribution is 0.438. The summed E-state index contributed by atoms with van der Waals surface area (Å²) in [6, 6.07) is 39.4. The van der Waals surface area contributed by atoms with Crippen LogP contribution in [0, 0.1) is 11.3 Å². The lowest BCUT2D eigenvalue weighted by Crippen LogP contribution is -2.32. The Hall–Kier alpha value is -4.32. The Morgan fingerprint density at radius 3 is 1.94 bits per heavy atom. The molecule has 0 bridgehead atoms. The largest absolute Gasteiger partial charge is 0.456 e. The van der Waals surface area contributed by atoms with Crippen molar-refractivity contribution in [2.75, 3.05) is 0 Å². The summed E-state index contributed by atoms with van der Waals surface area (Å²) in [4.78, 5) is 0. The van der Waals surface area contributed by atoms with Gasteiger partial charge >= 0.3 is 0 Å². The molecule has 7 rings (SSSR count). The molecule has 0 fully saturated rings. The van der Waals surface area contributed by atoms with E-state index in [1.807, 2.05) is 42.5 Å². The Labute approximate surface area is 208 Å². The van der Waals surface area contributed by atoms with E-state index in [0.717, 1.165) is 33.8 Å². The van der Waals surface area contributed by atoms with Gasteiger partial charge in [-0.2, -0.15) is 5.26 Å². The standard InChI is InChI=1S/C32H18ClNO/c33-22-16-17-30-29(18-22)32(26-9-3-1-6-24(26)25-7-2-4-10-27(25)32)28-11-5-8-23(31(28)35-30)21-14-12-20(19-34)13-15-21/h1-18H. The summed E-state index contributed by atoms with van der Waals surface area (Å²) >= 11 is 6.59. The average Bonchev–Trinajstić information content (AvgIpc) is 3.20. The Kier molecular flexibility index (Phi) is 4.21. The predicted molar refractivity (Wildman–Crippen MR) is 139 cm³/mol. The van der Waals surface area contributed by atoms with E-state index in [4.69, 9.17) is 16.3 Å². The maximum Gasteiger partial charge on any atom is 0.140 e. The highest BCUT2D eigenvalue weighted by molar-refractivity contribution is 6.30.